The lowest BCUT2D eigenvalue weighted by Crippen LogP contribution is -2.16. The largest absolute Gasteiger partial charge is 0.380 e. The molecule has 100 valence electrons. The maximum absolute atomic E-state index is 5.30. The number of aromatic nitrogens is 4. The highest BCUT2D eigenvalue weighted by atomic mass is 16.5. The number of nitrogens with one attached hydrogen (secondary N) is 1. The van der Waals surface area contributed by atoms with Gasteiger partial charge in [-0.05, 0) is 19.4 Å². The summed E-state index contributed by atoms with van der Waals surface area (Å²) in [6, 6.07) is 1.82. The predicted molar refractivity (Wildman–Crippen MR) is 66.2 cm³/mol. The Labute approximate surface area is 110 Å². The molecule has 0 saturated carbocycles. The first-order valence-electron chi connectivity index (χ1n) is 6.16. The fourth-order valence-corrected chi connectivity index (χ4v) is 2.13. The van der Waals surface area contributed by atoms with E-state index in [1.807, 2.05) is 6.92 Å². The van der Waals surface area contributed by atoms with Crippen LogP contribution in [0.4, 0.5) is 0 Å². The van der Waals surface area contributed by atoms with Crippen LogP contribution in [0.3, 0.4) is 0 Å². The molecule has 0 aromatic carbocycles. The van der Waals surface area contributed by atoms with Crippen LogP contribution in [0.25, 0.3) is 11.5 Å². The molecule has 3 heterocycles. The van der Waals surface area contributed by atoms with Gasteiger partial charge < -0.3 is 14.6 Å². The Morgan fingerprint density at radius 1 is 1.42 bits per heavy atom. The van der Waals surface area contributed by atoms with E-state index in [1.165, 1.54) is 0 Å². The number of hydrogen-bond acceptors (Lipinski definition) is 7. The predicted octanol–water partition coefficient (Wildman–Crippen LogP) is 0.884. The van der Waals surface area contributed by atoms with Crippen LogP contribution in [-0.2, 0) is 4.74 Å². The van der Waals surface area contributed by atoms with Crippen molar-refractivity contribution in [3.8, 4) is 11.5 Å². The lowest BCUT2D eigenvalue weighted by molar-refractivity contribution is 0.116. The molecule has 1 aliphatic rings. The quantitative estimate of drug-likeness (QED) is 0.877. The molecule has 1 N–H and O–H groups in total. The SMILES string of the molecule is CO[C@@H]1CN[C@@H](c2nc(-c3ccnc(C)n3)no2)C1. The van der Waals surface area contributed by atoms with Gasteiger partial charge >= 0.3 is 0 Å². The molecule has 2 aromatic heterocycles. The molecule has 0 bridgehead atoms. The van der Waals surface area contributed by atoms with E-state index >= 15 is 0 Å². The minimum absolute atomic E-state index is 0.0501. The number of rotatable bonds is 3. The fraction of sp³-hybridized carbons (Fsp3) is 0.500. The van der Waals surface area contributed by atoms with E-state index in [0.717, 1.165) is 13.0 Å². The van der Waals surface area contributed by atoms with E-state index in [0.29, 0.717) is 23.2 Å². The third-order valence-electron chi connectivity index (χ3n) is 3.17. The van der Waals surface area contributed by atoms with Gasteiger partial charge in [-0.15, -0.1) is 0 Å². The van der Waals surface area contributed by atoms with Crippen LogP contribution < -0.4 is 5.32 Å². The van der Waals surface area contributed by atoms with Crippen molar-refractivity contribution >= 4 is 0 Å². The first-order chi connectivity index (χ1) is 9.26. The van der Waals surface area contributed by atoms with Gasteiger partial charge in [0.1, 0.15) is 11.5 Å². The van der Waals surface area contributed by atoms with Crippen LogP contribution in [0.2, 0.25) is 0 Å². The highest BCUT2D eigenvalue weighted by Gasteiger charge is 2.29. The molecule has 1 saturated heterocycles. The molecule has 1 fully saturated rings. The molecule has 0 amide bonds. The summed E-state index contributed by atoms with van der Waals surface area (Å²) in [5, 5.41) is 7.26. The van der Waals surface area contributed by atoms with E-state index in [4.69, 9.17) is 9.26 Å². The van der Waals surface area contributed by atoms with Crippen LogP contribution in [0.5, 0.6) is 0 Å². The lowest BCUT2D eigenvalue weighted by Gasteiger charge is -2.04. The summed E-state index contributed by atoms with van der Waals surface area (Å²) < 4.78 is 10.6. The molecule has 0 spiro atoms. The van der Waals surface area contributed by atoms with Crippen molar-refractivity contribution in [1.82, 2.24) is 25.4 Å². The first kappa shape index (κ1) is 12.2. The molecule has 7 nitrogen and oxygen atoms in total. The zero-order chi connectivity index (χ0) is 13.2. The van der Waals surface area contributed by atoms with Crippen molar-refractivity contribution < 1.29 is 9.26 Å². The van der Waals surface area contributed by atoms with Gasteiger partial charge in [0.05, 0.1) is 12.1 Å². The van der Waals surface area contributed by atoms with Gasteiger partial charge in [0.15, 0.2) is 0 Å². The second-order valence-corrected chi connectivity index (χ2v) is 4.50. The summed E-state index contributed by atoms with van der Waals surface area (Å²) in [6.07, 6.45) is 2.71. The van der Waals surface area contributed by atoms with Crippen molar-refractivity contribution in [2.75, 3.05) is 13.7 Å². The summed E-state index contributed by atoms with van der Waals surface area (Å²) >= 11 is 0. The third kappa shape index (κ3) is 2.47. The maximum atomic E-state index is 5.30. The van der Waals surface area contributed by atoms with Gasteiger partial charge in [-0.2, -0.15) is 4.98 Å². The molecule has 0 unspecified atom stereocenters. The number of nitrogens with zero attached hydrogens (tertiary/aromatic N) is 4. The summed E-state index contributed by atoms with van der Waals surface area (Å²) in [6.45, 7) is 2.62. The number of aryl methyl sites for hydroxylation is 1. The van der Waals surface area contributed by atoms with E-state index in [-0.39, 0.29) is 12.1 Å². The normalized spacial score (nSPS) is 22.8. The van der Waals surface area contributed by atoms with Crippen molar-refractivity contribution in [2.24, 2.45) is 0 Å². The molecule has 3 rings (SSSR count). The average Bonchev–Trinajstić information content (AvgIpc) is 3.07. The summed E-state index contributed by atoms with van der Waals surface area (Å²) in [5.41, 5.74) is 0.670. The lowest BCUT2D eigenvalue weighted by atomic mass is 10.2. The monoisotopic (exact) mass is 261 g/mol. The van der Waals surface area contributed by atoms with Gasteiger partial charge in [-0.3, -0.25) is 0 Å². The number of methoxy groups -OCH3 is 1. The zero-order valence-corrected chi connectivity index (χ0v) is 10.8. The average molecular weight is 261 g/mol. The molecule has 7 heteroatoms. The topological polar surface area (TPSA) is 86.0 Å². The van der Waals surface area contributed by atoms with Crippen LogP contribution in [0, 0.1) is 6.92 Å². The van der Waals surface area contributed by atoms with Gasteiger partial charge in [-0.1, -0.05) is 5.16 Å². The van der Waals surface area contributed by atoms with Gasteiger partial charge in [-0.25, -0.2) is 9.97 Å². The minimum atomic E-state index is 0.0501. The third-order valence-corrected chi connectivity index (χ3v) is 3.17. The zero-order valence-electron chi connectivity index (χ0n) is 10.8. The summed E-state index contributed by atoms with van der Waals surface area (Å²) in [4.78, 5) is 12.7. The van der Waals surface area contributed by atoms with E-state index in [1.54, 1.807) is 19.4 Å². The molecule has 0 radical (unpaired) electrons. The molecule has 19 heavy (non-hydrogen) atoms. The highest BCUT2D eigenvalue weighted by Crippen LogP contribution is 2.24. The summed E-state index contributed by atoms with van der Waals surface area (Å²) in [7, 11) is 1.71. The van der Waals surface area contributed by atoms with Gasteiger partial charge in [0, 0.05) is 19.9 Å². The highest BCUT2D eigenvalue weighted by molar-refractivity contribution is 5.47. The Morgan fingerprint density at radius 2 is 2.32 bits per heavy atom. The minimum Gasteiger partial charge on any atom is -0.380 e. The van der Waals surface area contributed by atoms with E-state index in [2.05, 4.69) is 25.4 Å². The van der Waals surface area contributed by atoms with Crippen LogP contribution >= 0.6 is 0 Å². The van der Waals surface area contributed by atoms with Crippen LogP contribution in [0.15, 0.2) is 16.8 Å². The maximum Gasteiger partial charge on any atom is 0.244 e. The Hall–Kier alpha value is -1.86. The fourth-order valence-electron chi connectivity index (χ4n) is 2.13. The van der Waals surface area contributed by atoms with Crippen LogP contribution in [-0.4, -0.2) is 39.9 Å². The molecule has 1 aliphatic heterocycles. The Bertz CT molecular complexity index is 571. The second kappa shape index (κ2) is 5.02. The molecular weight excluding hydrogens is 246 g/mol. The van der Waals surface area contributed by atoms with Crippen molar-refractivity contribution in [3.63, 3.8) is 0 Å². The van der Waals surface area contributed by atoms with Crippen molar-refractivity contribution in [1.29, 1.82) is 0 Å². The van der Waals surface area contributed by atoms with E-state index in [9.17, 15) is 0 Å². The molecule has 2 aromatic rings. The first-order valence-corrected chi connectivity index (χ1v) is 6.16. The Balaban J connectivity index is 1.80. The molecule has 2 atom stereocenters. The Morgan fingerprint density at radius 3 is 3.05 bits per heavy atom. The van der Waals surface area contributed by atoms with Crippen molar-refractivity contribution in [3.05, 3.63) is 24.0 Å². The van der Waals surface area contributed by atoms with Gasteiger partial charge in [0.2, 0.25) is 11.7 Å². The summed E-state index contributed by atoms with van der Waals surface area (Å²) in [5.74, 6) is 1.75. The smallest absolute Gasteiger partial charge is 0.244 e. The number of hydrogen-bond donors (Lipinski definition) is 1. The number of ether oxygens (including phenoxy) is 1. The standard InChI is InChI=1S/C12H15N5O2/c1-7-13-4-3-9(15-7)11-16-12(19-17-11)10-5-8(18-2)6-14-10/h3-4,8,10,14H,5-6H2,1-2H3/t8-,10+/m0/s1. The van der Waals surface area contributed by atoms with Crippen LogP contribution in [0.1, 0.15) is 24.2 Å². The second-order valence-electron chi connectivity index (χ2n) is 4.50. The van der Waals surface area contributed by atoms with Gasteiger partial charge in [0.25, 0.3) is 0 Å². The van der Waals surface area contributed by atoms with E-state index < -0.39 is 0 Å². The molecule has 0 aliphatic carbocycles. The van der Waals surface area contributed by atoms with Crippen molar-refractivity contribution in [2.45, 2.75) is 25.5 Å². The Kier molecular flexibility index (Phi) is 3.22. The molecular formula is C12H15N5O2.